The number of nitrogens with zero attached hydrogens (tertiary/aromatic N) is 3. The highest BCUT2D eigenvalue weighted by Gasteiger charge is 2.26. The van der Waals surface area contributed by atoms with Crippen molar-refractivity contribution in [3.63, 3.8) is 0 Å². The number of H-pyrrole nitrogens is 1. The van der Waals surface area contributed by atoms with E-state index in [0.29, 0.717) is 34.7 Å². The van der Waals surface area contributed by atoms with Gasteiger partial charge in [-0.1, -0.05) is 11.8 Å². The van der Waals surface area contributed by atoms with E-state index >= 15 is 0 Å². The fourth-order valence-electron chi connectivity index (χ4n) is 3.24. The molecule has 0 saturated carbocycles. The first-order valence-corrected chi connectivity index (χ1v) is 11.0. The molecule has 32 heavy (non-hydrogen) atoms. The average molecular weight is 461 g/mol. The lowest BCUT2D eigenvalue weighted by molar-refractivity contribution is -0.139. The zero-order valence-corrected chi connectivity index (χ0v) is 19.1. The van der Waals surface area contributed by atoms with Gasteiger partial charge < -0.3 is 18.9 Å². The van der Waals surface area contributed by atoms with E-state index in [1.807, 2.05) is 11.5 Å². The van der Waals surface area contributed by atoms with Gasteiger partial charge in [0.15, 0.2) is 23.3 Å². The molecular formula is C21H24N4O6S. The summed E-state index contributed by atoms with van der Waals surface area (Å²) in [5, 5.41) is 8.76. The average Bonchev–Trinajstić information content (AvgIpc) is 3.48. The maximum atomic E-state index is 12.7. The van der Waals surface area contributed by atoms with Gasteiger partial charge in [-0.15, -0.1) is 10.2 Å². The highest BCUT2D eigenvalue weighted by Crippen LogP contribution is 2.24. The quantitative estimate of drug-likeness (QED) is 0.275. The Morgan fingerprint density at radius 1 is 1.12 bits per heavy atom. The number of aryl methyl sites for hydroxylation is 2. The van der Waals surface area contributed by atoms with Gasteiger partial charge in [0.25, 0.3) is 0 Å². The Balaban J connectivity index is 1.61. The van der Waals surface area contributed by atoms with Gasteiger partial charge in [-0.25, -0.2) is 4.79 Å². The molecule has 3 rings (SSSR count). The molecule has 0 amide bonds. The van der Waals surface area contributed by atoms with E-state index in [1.165, 1.54) is 0 Å². The molecule has 0 aromatic carbocycles. The molecule has 3 aromatic heterocycles. The van der Waals surface area contributed by atoms with Gasteiger partial charge in [-0.05, 0) is 39.8 Å². The van der Waals surface area contributed by atoms with Crippen LogP contribution < -0.4 is 0 Å². The zero-order chi connectivity index (χ0) is 23.3. The Morgan fingerprint density at radius 2 is 1.88 bits per heavy atom. The zero-order valence-electron chi connectivity index (χ0n) is 18.3. The fourth-order valence-corrected chi connectivity index (χ4v) is 4.04. The van der Waals surface area contributed by atoms with Crippen LogP contribution in [-0.2, 0) is 20.8 Å². The van der Waals surface area contributed by atoms with Crippen molar-refractivity contribution < 1.29 is 28.3 Å². The molecule has 0 saturated heterocycles. The SMILES string of the molecule is CCOC(=O)c1c(C)[nH]c(C)c1C(=O)COC(=O)CSc1nnc(-c2ccco2)n1CC. The summed E-state index contributed by atoms with van der Waals surface area (Å²) in [6.07, 6.45) is 1.55. The lowest BCUT2D eigenvalue weighted by Gasteiger charge is -2.08. The molecule has 170 valence electrons. The largest absolute Gasteiger partial charge is 0.462 e. The lowest BCUT2D eigenvalue weighted by Crippen LogP contribution is -2.19. The molecule has 10 nitrogen and oxygen atoms in total. The molecule has 0 aliphatic carbocycles. The second-order valence-electron chi connectivity index (χ2n) is 6.75. The number of thioether (sulfide) groups is 1. The number of aromatic nitrogens is 4. The highest BCUT2D eigenvalue weighted by atomic mass is 32.2. The van der Waals surface area contributed by atoms with Crippen LogP contribution >= 0.6 is 11.8 Å². The first-order valence-electron chi connectivity index (χ1n) is 10.0. The van der Waals surface area contributed by atoms with Crippen LogP contribution in [0.3, 0.4) is 0 Å². The predicted molar refractivity (Wildman–Crippen MR) is 116 cm³/mol. The number of esters is 2. The number of carbonyl (C=O) groups excluding carboxylic acids is 3. The third-order valence-electron chi connectivity index (χ3n) is 4.59. The van der Waals surface area contributed by atoms with Crippen molar-refractivity contribution >= 4 is 29.5 Å². The van der Waals surface area contributed by atoms with Crippen LogP contribution in [0.2, 0.25) is 0 Å². The molecule has 3 aromatic rings. The van der Waals surface area contributed by atoms with Gasteiger partial charge >= 0.3 is 11.9 Å². The molecule has 0 atom stereocenters. The monoisotopic (exact) mass is 460 g/mol. The van der Waals surface area contributed by atoms with E-state index in [-0.39, 0.29) is 23.5 Å². The van der Waals surface area contributed by atoms with Crippen LogP contribution in [0.1, 0.15) is 46.0 Å². The Kier molecular flexibility index (Phi) is 7.52. The number of ether oxygens (including phenoxy) is 2. The number of nitrogens with one attached hydrogen (secondary N) is 1. The number of carbonyl (C=O) groups is 3. The number of furan rings is 1. The minimum absolute atomic E-state index is 0.0561. The summed E-state index contributed by atoms with van der Waals surface area (Å²) in [5.74, 6) is -0.575. The third-order valence-corrected chi connectivity index (χ3v) is 5.53. The second kappa shape index (κ2) is 10.3. The number of hydrogen-bond donors (Lipinski definition) is 1. The van der Waals surface area contributed by atoms with Crippen LogP contribution in [0.15, 0.2) is 28.0 Å². The summed E-state index contributed by atoms with van der Waals surface area (Å²) in [6.45, 7) is 7.26. The standard InChI is InChI=1S/C21H24N4O6S/c1-5-25-19(15-8-7-9-30-15)23-24-21(25)32-11-16(27)31-10-14(26)17-12(3)22-13(4)18(17)20(28)29-6-2/h7-9,22H,5-6,10-11H2,1-4H3. The summed E-state index contributed by atoms with van der Waals surface area (Å²) in [7, 11) is 0. The van der Waals surface area contributed by atoms with Gasteiger partial charge in [0, 0.05) is 17.9 Å². The van der Waals surface area contributed by atoms with E-state index in [1.54, 1.807) is 39.2 Å². The van der Waals surface area contributed by atoms with E-state index in [9.17, 15) is 14.4 Å². The molecule has 11 heteroatoms. The molecule has 0 unspecified atom stereocenters. The smallest absolute Gasteiger partial charge is 0.340 e. The van der Waals surface area contributed by atoms with Crippen LogP contribution in [0, 0.1) is 13.8 Å². The number of Topliss-reactive ketones (excluding diaryl/α,β-unsaturated/α-hetero) is 1. The summed E-state index contributed by atoms with van der Waals surface area (Å²) in [5.41, 5.74) is 1.39. The lowest BCUT2D eigenvalue weighted by atomic mass is 10.1. The van der Waals surface area contributed by atoms with Crippen LogP contribution in [0.25, 0.3) is 11.6 Å². The maximum Gasteiger partial charge on any atom is 0.340 e. The summed E-state index contributed by atoms with van der Waals surface area (Å²) < 4.78 is 17.4. The first-order chi connectivity index (χ1) is 15.4. The number of hydrogen-bond acceptors (Lipinski definition) is 9. The van der Waals surface area contributed by atoms with Crippen molar-refractivity contribution in [3.05, 3.63) is 40.9 Å². The van der Waals surface area contributed by atoms with E-state index in [4.69, 9.17) is 13.9 Å². The van der Waals surface area contributed by atoms with Crippen molar-refractivity contribution in [2.24, 2.45) is 0 Å². The Labute approximate surface area is 188 Å². The fraction of sp³-hybridized carbons (Fsp3) is 0.381. The van der Waals surface area contributed by atoms with Crippen molar-refractivity contribution in [1.29, 1.82) is 0 Å². The molecule has 1 N–H and O–H groups in total. The molecular weight excluding hydrogens is 436 g/mol. The highest BCUT2D eigenvalue weighted by molar-refractivity contribution is 7.99. The minimum atomic E-state index is -0.592. The maximum absolute atomic E-state index is 12.7. The van der Waals surface area contributed by atoms with Crippen molar-refractivity contribution in [2.45, 2.75) is 39.4 Å². The summed E-state index contributed by atoms with van der Waals surface area (Å²) in [4.78, 5) is 40.1. The van der Waals surface area contributed by atoms with Gasteiger partial charge in [0.2, 0.25) is 5.78 Å². The van der Waals surface area contributed by atoms with Gasteiger partial charge in [0.05, 0.1) is 29.7 Å². The van der Waals surface area contributed by atoms with Crippen LogP contribution in [0.4, 0.5) is 0 Å². The molecule has 0 aliphatic rings. The van der Waals surface area contributed by atoms with Crippen molar-refractivity contribution in [3.8, 4) is 11.6 Å². The molecule has 0 bridgehead atoms. The van der Waals surface area contributed by atoms with Crippen LogP contribution in [-0.4, -0.2) is 56.4 Å². The molecule has 0 aliphatic heterocycles. The second-order valence-corrected chi connectivity index (χ2v) is 7.69. The summed E-state index contributed by atoms with van der Waals surface area (Å²) >= 11 is 1.15. The number of aromatic amines is 1. The summed E-state index contributed by atoms with van der Waals surface area (Å²) in [6, 6.07) is 3.53. The molecule has 0 fully saturated rings. The Morgan fingerprint density at radius 3 is 2.53 bits per heavy atom. The van der Waals surface area contributed by atoms with E-state index in [0.717, 1.165) is 11.8 Å². The van der Waals surface area contributed by atoms with Crippen LogP contribution in [0.5, 0.6) is 0 Å². The topological polar surface area (TPSA) is 129 Å². The van der Waals surface area contributed by atoms with E-state index in [2.05, 4.69) is 15.2 Å². The van der Waals surface area contributed by atoms with Gasteiger partial charge in [-0.3, -0.25) is 14.2 Å². The Hall–Kier alpha value is -3.34. The normalized spacial score (nSPS) is 10.9. The first kappa shape index (κ1) is 23.3. The minimum Gasteiger partial charge on any atom is -0.462 e. The molecule has 0 spiro atoms. The molecule has 0 radical (unpaired) electrons. The third kappa shape index (κ3) is 4.93. The van der Waals surface area contributed by atoms with Crippen molar-refractivity contribution in [2.75, 3.05) is 19.0 Å². The van der Waals surface area contributed by atoms with E-state index < -0.39 is 24.3 Å². The molecule has 3 heterocycles. The Bertz CT molecular complexity index is 1120. The number of ketones is 1. The van der Waals surface area contributed by atoms with Gasteiger partial charge in [0.1, 0.15) is 0 Å². The van der Waals surface area contributed by atoms with Gasteiger partial charge in [-0.2, -0.15) is 0 Å². The van der Waals surface area contributed by atoms with Crippen molar-refractivity contribution in [1.82, 2.24) is 19.7 Å². The predicted octanol–water partition coefficient (Wildman–Crippen LogP) is 3.20. The number of rotatable bonds is 10.